The number of carbonyl (C=O) groups excluding carboxylic acids is 1. The second-order valence-corrected chi connectivity index (χ2v) is 10.6. The van der Waals surface area contributed by atoms with Gasteiger partial charge >= 0.3 is 0 Å². The largest absolute Gasteiger partial charge is 0.298 e. The van der Waals surface area contributed by atoms with Gasteiger partial charge in [-0.1, -0.05) is 54.1 Å². The number of anilines is 1. The molecule has 6 nitrogen and oxygen atoms in total. The molecule has 0 saturated carbocycles. The Hall–Kier alpha value is -3.04. The normalized spacial score (nSPS) is 11.5. The molecule has 4 aromatic rings. The minimum atomic E-state index is -3.69. The number of nitrogens with zero attached hydrogens (tertiary/aromatic N) is 2. The van der Waals surface area contributed by atoms with E-state index in [1.165, 1.54) is 47.0 Å². The molecule has 1 aromatic heterocycles. The molecule has 9 heteroatoms. The van der Waals surface area contributed by atoms with Gasteiger partial charge in [-0.2, -0.15) is 4.31 Å². The Kier molecular flexibility index (Phi) is 6.90. The third-order valence-electron chi connectivity index (χ3n) is 4.94. The van der Waals surface area contributed by atoms with Crippen LogP contribution in [0.3, 0.4) is 0 Å². The predicted molar refractivity (Wildman–Crippen MR) is 132 cm³/mol. The van der Waals surface area contributed by atoms with Crippen molar-refractivity contribution in [3.05, 3.63) is 100 Å². The van der Waals surface area contributed by atoms with Crippen molar-refractivity contribution < 1.29 is 13.2 Å². The fourth-order valence-electron chi connectivity index (χ4n) is 3.14. The third kappa shape index (κ3) is 5.48. The van der Waals surface area contributed by atoms with Crippen LogP contribution in [0.15, 0.2) is 89.1 Å². The van der Waals surface area contributed by atoms with E-state index in [0.717, 1.165) is 16.8 Å². The quantitative estimate of drug-likeness (QED) is 0.363. The lowest BCUT2D eigenvalue weighted by molar-refractivity contribution is 0.102. The van der Waals surface area contributed by atoms with E-state index in [2.05, 4.69) is 10.3 Å². The van der Waals surface area contributed by atoms with Gasteiger partial charge in [-0.05, 0) is 42.0 Å². The second kappa shape index (κ2) is 9.84. The van der Waals surface area contributed by atoms with Crippen molar-refractivity contribution in [3.8, 4) is 11.3 Å². The highest BCUT2D eigenvalue weighted by molar-refractivity contribution is 7.89. The Labute approximate surface area is 201 Å². The first-order valence-corrected chi connectivity index (χ1v) is 12.7. The van der Waals surface area contributed by atoms with E-state index in [4.69, 9.17) is 11.6 Å². The maximum absolute atomic E-state index is 12.9. The van der Waals surface area contributed by atoms with Crippen molar-refractivity contribution in [1.82, 2.24) is 9.29 Å². The molecule has 0 spiro atoms. The zero-order valence-electron chi connectivity index (χ0n) is 17.6. The number of hydrogen-bond acceptors (Lipinski definition) is 5. The zero-order chi connectivity index (χ0) is 23.4. The van der Waals surface area contributed by atoms with Crippen molar-refractivity contribution in [2.45, 2.75) is 11.4 Å². The minimum absolute atomic E-state index is 0.122. The van der Waals surface area contributed by atoms with Crippen LogP contribution >= 0.6 is 22.9 Å². The molecule has 1 heterocycles. The maximum Gasteiger partial charge on any atom is 0.257 e. The van der Waals surface area contributed by atoms with Crippen LogP contribution in [0.1, 0.15) is 15.9 Å². The zero-order valence-corrected chi connectivity index (χ0v) is 20.0. The Bertz CT molecular complexity index is 1350. The first-order valence-electron chi connectivity index (χ1n) is 9.96. The molecular formula is C24H20ClN3O3S2. The summed E-state index contributed by atoms with van der Waals surface area (Å²) in [6, 6.07) is 22.5. The fraction of sp³-hybridized carbons (Fsp3) is 0.0833. The molecule has 1 amide bonds. The van der Waals surface area contributed by atoms with Crippen LogP contribution in [0, 0.1) is 0 Å². The molecule has 0 fully saturated rings. The van der Waals surface area contributed by atoms with Gasteiger partial charge in [0, 0.05) is 35.1 Å². The summed E-state index contributed by atoms with van der Waals surface area (Å²) >= 11 is 7.22. The van der Waals surface area contributed by atoms with E-state index in [1.54, 1.807) is 12.1 Å². The molecule has 0 bridgehead atoms. The number of aromatic nitrogens is 1. The highest BCUT2D eigenvalue weighted by atomic mass is 35.5. The van der Waals surface area contributed by atoms with Gasteiger partial charge in [0.05, 0.1) is 10.6 Å². The van der Waals surface area contributed by atoms with Gasteiger partial charge in [-0.15, -0.1) is 11.3 Å². The molecule has 3 aromatic carbocycles. The van der Waals surface area contributed by atoms with Gasteiger partial charge in [0.15, 0.2) is 5.13 Å². The number of halogens is 1. The smallest absolute Gasteiger partial charge is 0.257 e. The molecule has 0 atom stereocenters. The van der Waals surface area contributed by atoms with Crippen molar-refractivity contribution in [3.63, 3.8) is 0 Å². The molecule has 0 aliphatic heterocycles. The van der Waals surface area contributed by atoms with Crippen molar-refractivity contribution in [1.29, 1.82) is 0 Å². The summed E-state index contributed by atoms with van der Waals surface area (Å²) in [5.41, 5.74) is 2.85. The van der Waals surface area contributed by atoms with Gasteiger partial charge < -0.3 is 0 Å². The van der Waals surface area contributed by atoms with E-state index in [0.29, 0.717) is 15.7 Å². The van der Waals surface area contributed by atoms with Gasteiger partial charge in [-0.25, -0.2) is 13.4 Å². The first kappa shape index (κ1) is 23.1. The second-order valence-electron chi connectivity index (χ2n) is 7.27. The molecule has 4 rings (SSSR count). The number of thiazole rings is 1. The van der Waals surface area contributed by atoms with Gasteiger partial charge in [0.25, 0.3) is 5.91 Å². The summed E-state index contributed by atoms with van der Waals surface area (Å²) in [7, 11) is -2.16. The average Bonchev–Trinajstić information content (AvgIpc) is 3.28. The Balaban J connectivity index is 1.43. The Morgan fingerprint density at radius 1 is 1.00 bits per heavy atom. The lowest BCUT2D eigenvalue weighted by Crippen LogP contribution is -2.26. The van der Waals surface area contributed by atoms with E-state index >= 15 is 0 Å². The van der Waals surface area contributed by atoms with E-state index in [1.807, 2.05) is 47.8 Å². The number of sulfonamides is 1. The number of rotatable bonds is 7. The lowest BCUT2D eigenvalue weighted by Gasteiger charge is -2.17. The monoisotopic (exact) mass is 497 g/mol. The van der Waals surface area contributed by atoms with Crippen LogP contribution in [0.5, 0.6) is 0 Å². The Morgan fingerprint density at radius 3 is 2.33 bits per heavy atom. The lowest BCUT2D eigenvalue weighted by atomic mass is 10.2. The van der Waals surface area contributed by atoms with E-state index in [9.17, 15) is 13.2 Å². The summed E-state index contributed by atoms with van der Waals surface area (Å²) in [5, 5.41) is 5.69. The van der Waals surface area contributed by atoms with Crippen LogP contribution in [0.2, 0.25) is 5.02 Å². The number of amides is 1. The number of carbonyl (C=O) groups is 1. The van der Waals surface area contributed by atoms with E-state index in [-0.39, 0.29) is 17.3 Å². The number of nitrogens with one attached hydrogen (secondary N) is 1. The maximum atomic E-state index is 12.9. The van der Waals surface area contributed by atoms with Crippen molar-refractivity contribution in [2.24, 2.45) is 0 Å². The molecule has 168 valence electrons. The molecule has 1 N–H and O–H groups in total. The Morgan fingerprint density at radius 2 is 1.67 bits per heavy atom. The summed E-state index contributed by atoms with van der Waals surface area (Å²) < 4.78 is 27.0. The average molecular weight is 498 g/mol. The van der Waals surface area contributed by atoms with Crippen molar-refractivity contribution >= 4 is 44.0 Å². The predicted octanol–water partition coefficient (Wildman–Crippen LogP) is 5.54. The molecule has 0 saturated heterocycles. The highest BCUT2D eigenvalue weighted by Crippen LogP contribution is 2.26. The van der Waals surface area contributed by atoms with E-state index < -0.39 is 10.0 Å². The number of hydrogen-bond donors (Lipinski definition) is 1. The highest BCUT2D eigenvalue weighted by Gasteiger charge is 2.21. The van der Waals surface area contributed by atoms with Gasteiger partial charge in [0.1, 0.15) is 0 Å². The van der Waals surface area contributed by atoms with Gasteiger partial charge in [0.2, 0.25) is 10.0 Å². The topological polar surface area (TPSA) is 79.4 Å². The SMILES string of the molecule is CN(Cc1ccccc1)S(=O)(=O)c1ccc(C(=O)Nc2nc(-c3ccc(Cl)cc3)cs2)cc1. The molecule has 0 aliphatic rings. The summed E-state index contributed by atoms with van der Waals surface area (Å²) in [6.07, 6.45) is 0. The van der Waals surface area contributed by atoms with Crippen LogP contribution in [0.25, 0.3) is 11.3 Å². The molecular weight excluding hydrogens is 478 g/mol. The fourth-order valence-corrected chi connectivity index (χ4v) is 5.14. The van der Waals surface area contributed by atoms with Gasteiger partial charge in [-0.3, -0.25) is 10.1 Å². The first-order chi connectivity index (χ1) is 15.8. The molecule has 0 radical (unpaired) electrons. The van der Waals surface area contributed by atoms with Crippen LogP contribution in [0.4, 0.5) is 5.13 Å². The summed E-state index contributed by atoms with van der Waals surface area (Å²) in [6.45, 7) is 0.255. The molecule has 33 heavy (non-hydrogen) atoms. The molecule has 0 aliphatic carbocycles. The summed E-state index contributed by atoms with van der Waals surface area (Å²) in [5.74, 6) is -0.367. The molecule has 0 unspecified atom stereocenters. The third-order valence-corrected chi connectivity index (χ3v) is 7.76. The number of benzene rings is 3. The summed E-state index contributed by atoms with van der Waals surface area (Å²) in [4.78, 5) is 17.2. The van der Waals surface area contributed by atoms with Crippen molar-refractivity contribution in [2.75, 3.05) is 12.4 Å². The minimum Gasteiger partial charge on any atom is -0.298 e. The van der Waals surface area contributed by atoms with Crippen LogP contribution < -0.4 is 5.32 Å². The van der Waals surface area contributed by atoms with Crippen LogP contribution in [-0.4, -0.2) is 30.7 Å². The van der Waals surface area contributed by atoms with Crippen LogP contribution in [-0.2, 0) is 16.6 Å². The standard InChI is InChI=1S/C24H20ClN3O3S2/c1-28(15-17-5-3-2-4-6-17)33(30,31)21-13-9-19(10-14-21)23(29)27-24-26-22(16-32-24)18-7-11-20(25)12-8-18/h2-14,16H,15H2,1H3,(H,26,27,29).